The van der Waals surface area contributed by atoms with Crippen LogP contribution >= 0.6 is 0 Å². The summed E-state index contributed by atoms with van der Waals surface area (Å²) < 4.78 is 62.2. The lowest BCUT2D eigenvalue weighted by Crippen LogP contribution is -2.16. The van der Waals surface area contributed by atoms with E-state index in [1.165, 1.54) is 24.3 Å². The van der Waals surface area contributed by atoms with Gasteiger partial charge in [-0.25, -0.2) is 26.8 Å². The van der Waals surface area contributed by atoms with E-state index in [0.29, 0.717) is 132 Å². The summed E-state index contributed by atoms with van der Waals surface area (Å²) in [6.45, 7) is 52.2. The third-order valence-electron chi connectivity index (χ3n) is 23.3. The van der Waals surface area contributed by atoms with E-state index in [1.807, 2.05) is 0 Å². The molecule has 566 valence electrons. The van der Waals surface area contributed by atoms with E-state index < -0.39 is 63.0 Å². The van der Waals surface area contributed by atoms with E-state index in [1.54, 1.807) is 24.3 Å². The lowest BCUT2D eigenvalue weighted by atomic mass is 9.78. The molecule has 110 heavy (non-hydrogen) atoms. The van der Waals surface area contributed by atoms with Crippen LogP contribution in [0.5, 0.6) is 0 Å². The summed E-state index contributed by atoms with van der Waals surface area (Å²) in [6, 6.07) is 38.8. The Morgan fingerprint density at radius 2 is 0.409 bits per heavy atom. The zero-order valence-electron chi connectivity index (χ0n) is 68.4. The summed E-state index contributed by atoms with van der Waals surface area (Å²) in [5.74, 6) is -1.51. The number of aromatic amines is 2. The van der Waals surface area contributed by atoms with E-state index in [9.17, 15) is 19.2 Å². The average molecular weight is 1500 g/mol. The first-order valence-electron chi connectivity index (χ1n) is 38.5. The monoisotopic (exact) mass is 1500 g/mol. The minimum absolute atomic E-state index is 0.174. The molecule has 0 atom stereocenters. The summed E-state index contributed by atoms with van der Waals surface area (Å²) in [7, 11) is -7.96. The maximum absolute atomic E-state index is 15.5. The Labute approximate surface area is 645 Å². The summed E-state index contributed by atoms with van der Waals surface area (Å²) >= 11 is 0. The first-order chi connectivity index (χ1) is 50.6. The Morgan fingerprint density at radius 1 is 0.245 bits per heavy atom. The van der Waals surface area contributed by atoms with Crippen molar-refractivity contribution in [2.24, 2.45) is 0 Å². The number of H-pyrrole nitrogens is 2. The van der Waals surface area contributed by atoms with Gasteiger partial charge in [-0.15, -0.1) is 0 Å². The topological polar surface area (TPSA) is 194 Å². The number of rotatable bonds is 4. The third kappa shape index (κ3) is 13.0. The fourth-order valence-corrected chi connectivity index (χ4v) is 19.7. The van der Waals surface area contributed by atoms with Gasteiger partial charge in [0.1, 0.15) is 0 Å². The second-order valence-electron chi connectivity index (χ2n) is 40.1. The highest BCUT2D eigenvalue weighted by Crippen LogP contribution is 2.52. The van der Waals surface area contributed by atoms with Crippen molar-refractivity contribution in [2.45, 2.75) is 233 Å². The highest BCUT2D eigenvalue weighted by Gasteiger charge is 2.38. The zero-order chi connectivity index (χ0) is 79.9. The van der Waals surface area contributed by atoms with E-state index in [0.717, 1.165) is 44.5 Å². The standard InChI is InChI=1S/C96H102N4O8S2/c1-89(2,3)53-29-49(30-54(37-53)90(4,5)6)77-81-65-41-61-62(74(102)26-25-73(61)101)42-66(65)82(97-81)78(50-31-55(91(7,8)9)38-56(32-50)92(10,11)12)87-71-47-110(107,108)48-72(71)88(100-87)80(52-35-59(95(19,20)21)40-60(36-52)96(22,23)24)84-68-44-64-63(75(103)27-28-76(64)104)43-67(68)83(98-84)79(86-70-46-109(105,106)45-69(70)85(77)99-86)51-33-57(93(13,14)15)39-58(34-51)94(16,17)18/h25-44,99-100H,45-48H2,1-24H3. The van der Waals surface area contributed by atoms with E-state index in [2.05, 4.69) is 249 Å². The summed E-state index contributed by atoms with van der Waals surface area (Å²) in [4.78, 5) is 80.0. The Kier molecular flexibility index (Phi) is 16.9. The highest BCUT2D eigenvalue weighted by molar-refractivity contribution is 7.90. The molecule has 2 aliphatic rings. The lowest BCUT2D eigenvalue weighted by molar-refractivity contribution is 0.568. The molecule has 0 saturated heterocycles. The molecule has 0 radical (unpaired) electrons. The maximum Gasteiger partial charge on any atom is 0.186 e. The minimum atomic E-state index is -3.98. The van der Waals surface area contributed by atoms with Crippen LogP contribution < -0.4 is 21.7 Å². The number of aromatic nitrogens is 4. The van der Waals surface area contributed by atoms with Crippen molar-refractivity contribution in [1.29, 1.82) is 0 Å². The van der Waals surface area contributed by atoms with Crippen LogP contribution in [0.15, 0.2) is 141 Å². The predicted octanol–water partition coefficient (Wildman–Crippen LogP) is 21.7. The average Bonchev–Trinajstić information content (AvgIpc) is 1.54. The second kappa shape index (κ2) is 24.5. The van der Waals surface area contributed by atoms with Gasteiger partial charge in [0.2, 0.25) is 0 Å². The Hall–Kier alpha value is -9.50. The summed E-state index contributed by atoms with van der Waals surface area (Å²) in [5, 5.41) is 2.69. The van der Waals surface area contributed by atoms with Crippen molar-refractivity contribution in [3.63, 3.8) is 0 Å². The number of fused-ring (bicyclic) bond motifs is 2. The number of sulfone groups is 2. The van der Waals surface area contributed by atoms with Gasteiger partial charge in [-0.1, -0.05) is 239 Å². The molecule has 15 rings (SSSR count). The first kappa shape index (κ1) is 75.9. The van der Waals surface area contributed by atoms with Crippen molar-refractivity contribution in [3.8, 4) is 44.5 Å². The molecule has 0 saturated carbocycles. The van der Waals surface area contributed by atoms with Crippen molar-refractivity contribution >= 4 is 107 Å². The quantitative estimate of drug-likeness (QED) is 0.171. The van der Waals surface area contributed by atoms with E-state index in [4.69, 9.17) is 9.97 Å². The number of hydrogen-bond acceptors (Lipinski definition) is 10. The highest BCUT2D eigenvalue weighted by atomic mass is 32.2. The van der Waals surface area contributed by atoms with Crippen LogP contribution in [-0.4, -0.2) is 36.8 Å². The molecular weight excluding hydrogens is 1400 g/mol. The van der Waals surface area contributed by atoms with Crippen LogP contribution in [0, 0.1) is 0 Å². The Morgan fingerprint density at radius 3 is 0.564 bits per heavy atom. The van der Waals surface area contributed by atoms with Gasteiger partial charge in [-0.2, -0.15) is 0 Å². The molecule has 4 aromatic heterocycles. The molecule has 2 N–H and O–H groups in total. The molecule has 14 heteroatoms. The van der Waals surface area contributed by atoms with Gasteiger partial charge in [0.15, 0.2) is 41.4 Å². The van der Waals surface area contributed by atoms with Crippen LogP contribution in [0.1, 0.15) is 233 Å². The van der Waals surface area contributed by atoms with Gasteiger partial charge in [0, 0.05) is 65.3 Å². The van der Waals surface area contributed by atoms with Gasteiger partial charge in [0.25, 0.3) is 0 Å². The SMILES string of the molecule is CC(C)(C)c1cc(-c2c3[nH]c(c4c3CS(=O)(=O)C4)c(-c3cc(C(C)(C)C)cc(C(C)(C)C)c3)c3nc(c(-c4cc(C(C)(C)C)cc(C(C)(C)C)c4)c4[nH]c(c5c4CS(=O)(=O)C5)c(-c4cc(C(C)(C)C)cc(C(C)(C)C)c4)c4nc2c2cc5c(=O)ccc(=O)c5cc42)c2cc4c(=O)ccc(=O)c4cc32)cc(C(C)(C)C)c1. The van der Waals surface area contributed by atoms with Gasteiger partial charge in [-0.05, 0) is 181 Å². The Balaban J connectivity index is 1.40. The van der Waals surface area contributed by atoms with Crippen molar-refractivity contribution in [3.05, 3.63) is 229 Å². The first-order valence-corrected chi connectivity index (χ1v) is 42.1. The molecular formula is C96H102N4O8S2. The normalized spacial score (nSPS) is 15.2. The molecule has 0 fully saturated rings. The van der Waals surface area contributed by atoms with Gasteiger partial charge >= 0.3 is 0 Å². The van der Waals surface area contributed by atoms with Gasteiger partial charge < -0.3 is 9.97 Å². The molecule has 0 spiro atoms. The maximum atomic E-state index is 15.5. The third-order valence-corrected chi connectivity index (χ3v) is 26.2. The van der Waals surface area contributed by atoms with Crippen LogP contribution in [0.4, 0.5) is 0 Å². The van der Waals surface area contributed by atoms with Gasteiger partial charge in [0.05, 0.1) is 67.1 Å². The molecule has 9 aromatic carbocycles. The number of hydrogen-bond donors (Lipinski definition) is 2. The number of nitrogens with one attached hydrogen (secondary N) is 2. The Bertz CT molecular complexity index is 5910. The molecule has 13 aromatic rings. The fraction of sp³-hybridized carbons (Fsp3) is 0.375. The van der Waals surface area contributed by atoms with E-state index in [-0.39, 0.29) is 66.3 Å². The molecule has 8 bridgehead atoms. The second-order valence-corrected chi connectivity index (χ2v) is 44.2. The predicted molar refractivity (Wildman–Crippen MR) is 460 cm³/mol. The smallest absolute Gasteiger partial charge is 0.186 e. The van der Waals surface area contributed by atoms with Crippen LogP contribution in [0.3, 0.4) is 0 Å². The largest absolute Gasteiger partial charge is 0.354 e. The summed E-state index contributed by atoms with van der Waals surface area (Å²) in [6.07, 6.45) is 0. The molecule has 12 nitrogen and oxygen atoms in total. The molecule has 0 unspecified atom stereocenters. The van der Waals surface area contributed by atoms with Crippen LogP contribution in [0.25, 0.3) is 132 Å². The zero-order valence-corrected chi connectivity index (χ0v) is 70.0. The summed E-state index contributed by atoms with van der Waals surface area (Å²) in [5.41, 5.74) is 13.2. The molecule has 6 heterocycles. The molecule has 2 aliphatic heterocycles. The van der Waals surface area contributed by atoms with Crippen LogP contribution in [-0.2, 0) is 86.0 Å². The van der Waals surface area contributed by atoms with Crippen molar-refractivity contribution in [1.82, 2.24) is 19.9 Å². The van der Waals surface area contributed by atoms with Gasteiger partial charge in [-0.3, -0.25) is 19.2 Å². The fourth-order valence-electron chi connectivity index (χ4n) is 16.5. The molecule has 0 amide bonds. The van der Waals surface area contributed by atoms with Crippen molar-refractivity contribution in [2.75, 3.05) is 0 Å². The lowest BCUT2D eigenvalue weighted by Gasteiger charge is -2.26. The number of benzene rings is 8. The molecule has 0 aliphatic carbocycles. The minimum Gasteiger partial charge on any atom is -0.354 e. The number of nitrogens with zero attached hydrogens (tertiary/aromatic N) is 2. The van der Waals surface area contributed by atoms with Crippen LogP contribution in [0.2, 0.25) is 0 Å². The van der Waals surface area contributed by atoms with E-state index >= 15 is 16.8 Å². The van der Waals surface area contributed by atoms with Crippen molar-refractivity contribution < 1.29 is 16.8 Å².